The van der Waals surface area contributed by atoms with Gasteiger partial charge in [0.1, 0.15) is 0 Å². The molecule has 1 aliphatic heterocycles. The molecule has 2 saturated carbocycles. The molecule has 2 aliphatic carbocycles. The van der Waals surface area contributed by atoms with E-state index in [1.54, 1.807) is 4.90 Å². The molecule has 1 atom stereocenters. The van der Waals surface area contributed by atoms with Crippen molar-refractivity contribution in [1.82, 2.24) is 14.3 Å². The summed E-state index contributed by atoms with van der Waals surface area (Å²) in [4.78, 5) is 8.65. The van der Waals surface area contributed by atoms with Crippen LogP contribution in [0.25, 0.3) is 0 Å². The SMILES string of the molecule is O=S(=O)(N1Cc2cc(C(F)(F)F)ccc2N(Cc2cnc[nH]2)[C@H](C2CC3(CCC3)C2)C1)C(F)(F)F. The first kappa shape index (κ1) is 24.4. The highest BCUT2D eigenvalue weighted by Crippen LogP contribution is 2.60. The smallest absolute Gasteiger partial charge is 0.361 e. The molecule has 0 radical (unpaired) electrons. The first-order valence-corrected chi connectivity index (χ1v) is 12.7. The Hall–Kier alpha value is -2.28. The minimum Gasteiger partial charge on any atom is -0.361 e. The molecule has 2 aromatic rings. The number of hydrogen-bond acceptors (Lipinski definition) is 4. The van der Waals surface area contributed by atoms with Crippen molar-refractivity contribution in [2.75, 3.05) is 11.4 Å². The number of alkyl halides is 6. The maximum Gasteiger partial charge on any atom is 0.511 e. The number of fused-ring (bicyclic) bond motifs is 1. The highest BCUT2D eigenvalue weighted by atomic mass is 32.2. The number of imidazole rings is 1. The fourth-order valence-electron chi connectivity index (χ4n) is 5.81. The Bertz CT molecular complexity index is 1180. The number of nitrogens with zero attached hydrogens (tertiary/aromatic N) is 3. The second-order valence-corrected chi connectivity index (χ2v) is 11.8. The van der Waals surface area contributed by atoms with Gasteiger partial charge in [-0.3, -0.25) is 0 Å². The van der Waals surface area contributed by atoms with E-state index in [9.17, 15) is 34.8 Å². The molecular weight excluding hydrogens is 498 g/mol. The number of halogens is 6. The largest absolute Gasteiger partial charge is 0.511 e. The lowest BCUT2D eigenvalue weighted by Crippen LogP contribution is -2.56. The van der Waals surface area contributed by atoms with Crippen LogP contribution in [0.4, 0.5) is 32.0 Å². The van der Waals surface area contributed by atoms with E-state index in [4.69, 9.17) is 0 Å². The fourth-order valence-corrected chi connectivity index (χ4v) is 6.76. The van der Waals surface area contributed by atoms with Crippen molar-refractivity contribution in [3.05, 3.63) is 47.5 Å². The van der Waals surface area contributed by atoms with Gasteiger partial charge in [0.15, 0.2) is 0 Å². The Balaban J connectivity index is 1.61. The summed E-state index contributed by atoms with van der Waals surface area (Å²) in [6, 6.07) is 2.24. The maximum absolute atomic E-state index is 13.6. The van der Waals surface area contributed by atoms with E-state index in [-0.39, 0.29) is 23.4 Å². The van der Waals surface area contributed by atoms with Crippen LogP contribution in [0.2, 0.25) is 0 Å². The third-order valence-electron chi connectivity index (χ3n) is 7.73. The van der Waals surface area contributed by atoms with Crippen LogP contribution < -0.4 is 4.90 Å². The lowest BCUT2D eigenvalue weighted by molar-refractivity contribution is -0.137. The lowest BCUT2D eigenvalue weighted by Gasteiger charge is -2.58. The molecule has 1 aromatic carbocycles. The molecule has 6 nitrogen and oxygen atoms in total. The van der Waals surface area contributed by atoms with E-state index in [1.165, 1.54) is 18.6 Å². The fraction of sp³-hybridized carbons (Fsp3) is 0.591. The van der Waals surface area contributed by atoms with Gasteiger partial charge in [0, 0.05) is 31.0 Å². The number of anilines is 1. The van der Waals surface area contributed by atoms with Crippen molar-refractivity contribution in [2.24, 2.45) is 11.3 Å². The number of aromatic nitrogens is 2. The van der Waals surface area contributed by atoms with Crippen LogP contribution in [0.3, 0.4) is 0 Å². The Morgan fingerprint density at radius 1 is 1.11 bits per heavy atom. The number of aromatic amines is 1. The molecular formula is C22H24F6N4O2S. The zero-order valence-electron chi connectivity index (χ0n) is 18.5. The van der Waals surface area contributed by atoms with Gasteiger partial charge in [-0.2, -0.15) is 30.6 Å². The van der Waals surface area contributed by atoms with Crippen LogP contribution in [0.5, 0.6) is 0 Å². The summed E-state index contributed by atoms with van der Waals surface area (Å²) < 4.78 is 106. The summed E-state index contributed by atoms with van der Waals surface area (Å²) in [7, 11) is -5.76. The Morgan fingerprint density at radius 2 is 1.83 bits per heavy atom. The average molecular weight is 523 g/mol. The van der Waals surface area contributed by atoms with Crippen LogP contribution in [-0.2, 0) is 29.3 Å². The van der Waals surface area contributed by atoms with E-state index in [0.29, 0.717) is 15.7 Å². The van der Waals surface area contributed by atoms with Crippen molar-refractivity contribution >= 4 is 15.7 Å². The molecule has 13 heteroatoms. The van der Waals surface area contributed by atoms with Gasteiger partial charge in [0.25, 0.3) is 0 Å². The lowest BCUT2D eigenvalue weighted by atomic mass is 9.50. The molecule has 1 N–H and O–H groups in total. The maximum atomic E-state index is 13.6. The highest BCUT2D eigenvalue weighted by molar-refractivity contribution is 7.89. The average Bonchev–Trinajstić information content (AvgIpc) is 3.14. The van der Waals surface area contributed by atoms with Gasteiger partial charge in [0.05, 0.1) is 24.1 Å². The molecule has 2 heterocycles. The van der Waals surface area contributed by atoms with E-state index >= 15 is 0 Å². The number of benzene rings is 1. The number of hydrogen-bond donors (Lipinski definition) is 1. The molecule has 35 heavy (non-hydrogen) atoms. The summed E-state index contributed by atoms with van der Waals surface area (Å²) in [5.74, 6) is -0.0857. The second-order valence-electron chi connectivity index (χ2n) is 9.88. The van der Waals surface area contributed by atoms with Crippen molar-refractivity contribution in [3.8, 4) is 0 Å². The molecule has 1 spiro atoms. The number of rotatable bonds is 4. The molecule has 1 aromatic heterocycles. The standard InChI is InChI=1S/C22H24F6N4O2S/c23-21(24,25)16-2-3-18-14(6-16)10-31(35(33,34)22(26,27)28)12-19(15-7-20(8-15)4-1-5-20)32(18)11-17-9-29-13-30-17/h2-3,6,9,13,15,19H,1,4-5,7-8,10-12H2,(H,29,30)/t19-/m0/s1. The van der Waals surface area contributed by atoms with Gasteiger partial charge in [-0.25, -0.2) is 13.4 Å². The number of nitrogens with one attached hydrogen (secondary N) is 1. The first-order chi connectivity index (χ1) is 16.3. The first-order valence-electron chi connectivity index (χ1n) is 11.3. The van der Waals surface area contributed by atoms with Gasteiger partial charge in [0.2, 0.25) is 0 Å². The zero-order valence-corrected chi connectivity index (χ0v) is 19.3. The summed E-state index contributed by atoms with van der Waals surface area (Å²) in [5, 5.41) is 0. The third kappa shape index (κ3) is 4.30. The van der Waals surface area contributed by atoms with Gasteiger partial charge < -0.3 is 9.88 Å². The molecule has 0 amide bonds. The molecule has 5 rings (SSSR count). The van der Waals surface area contributed by atoms with Crippen LogP contribution >= 0.6 is 0 Å². The molecule has 0 bridgehead atoms. The quantitative estimate of drug-likeness (QED) is 0.571. The minimum atomic E-state index is -5.76. The minimum absolute atomic E-state index is 0.0857. The monoisotopic (exact) mass is 522 g/mol. The molecule has 2 fully saturated rings. The highest BCUT2D eigenvalue weighted by Gasteiger charge is 2.55. The zero-order chi connectivity index (χ0) is 25.2. The van der Waals surface area contributed by atoms with Crippen LogP contribution in [0, 0.1) is 11.3 Å². The van der Waals surface area contributed by atoms with Gasteiger partial charge in [-0.15, -0.1) is 0 Å². The molecule has 0 unspecified atom stereocenters. The Labute approximate surface area is 198 Å². The van der Waals surface area contributed by atoms with E-state index in [1.807, 2.05) is 0 Å². The van der Waals surface area contributed by atoms with Crippen molar-refractivity contribution < 1.29 is 34.8 Å². The number of H-pyrrole nitrogens is 1. The van der Waals surface area contributed by atoms with Crippen LogP contribution in [0.15, 0.2) is 30.7 Å². The normalized spacial score (nSPS) is 23.5. The second kappa shape index (κ2) is 8.12. The van der Waals surface area contributed by atoms with E-state index in [0.717, 1.165) is 44.2 Å². The van der Waals surface area contributed by atoms with Crippen molar-refractivity contribution in [3.63, 3.8) is 0 Å². The van der Waals surface area contributed by atoms with E-state index in [2.05, 4.69) is 9.97 Å². The van der Waals surface area contributed by atoms with Gasteiger partial charge >= 0.3 is 21.7 Å². The Kier molecular flexibility index (Phi) is 5.66. The van der Waals surface area contributed by atoms with E-state index < -0.39 is 46.4 Å². The molecule has 3 aliphatic rings. The Morgan fingerprint density at radius 3 is 2.37 bits per heavy atom. The molecule has 192 valence electrons. The third-order valence-corrected chi connectivity index (χ3v) is 9.27. The van der Waals surface area contributed by atoms with Crippen molar-refractivity contribution in [1.29, 1.82) is 0 Å². The van der Waals surface area contributed by atoms with Crippen LogP contribution in [-0.4, -0.2) is 40.8 Å². The number of sulfonamides is 1. The summed E-state index contributed by atoms with van der Waals surface area (Å²) in [6.45, 7) is -1.12. The van der Waals surface area contributed by atoms with Crippen LogP contribution in [0.1, 0.15) is 48.9 Å². The van der Waals surface area contributed by atoms with Gasteiger partial charge in [-0.05, 0) is 60.8 Å². The molecule has 0 saturated heterocycles. The summed E-state index contributed by atoms with van der Waals surface area (Å²) in [5.41, 5.74) is -5.65. The van der Waals surface area contributed by atoms with Crippen molar-refractivity contribution in [2.45, 2.75) is 62.9 Å². The topological polar surface area (TPSA) is 69.3 Å². The predicted octanol–water partition coefficient (Wildman–Crippen LogP) is 5.05. The van der Waals surface area contributed by atoms with Gasteiger partial charge in [-0.1, -0.05) is 6.42 Å². The summed E-state index contributed by atoms with van der Waals surface area (Å²) >= 11 is 0. The summed E-state index contributed by atoms with van der Waals surface area (Å²) in [6.07, 6.45) is 2.91. The predicted molar refractivity (Wildman–Crippen MR) is 114 cm³/mol.